The number of pyridine rings is 1. The molecule has 1 atom stereocenters. The number of rotatable bonds is 7. The summed E-state index contributed by atoms with van der Waals surface area (Å²) in [7, 11) is -1.51. The van der Waals surface area contributed by atoms with Crippen LogP contribution in [0.5, 0.6) is 0 Å². The van der Waals surface area contributed by atoms with Gasteiger partial charge in [0.15, 0.2) is 0 Å². The normalized spacial score (nSPS) is 16.2. The van der Waals surface area contributed by atoms with E-state index >= 15 is 0 Å². The van der Waals surface area contributed by atoms with Gasteiger partial charge >= 0.3 is 0 Å². The van der Waals surface area contributed by atoms with Gasteiger partial charge in [-0.1, -0.05) is 29.8 Å². The maximum Gasteiger partial charge on any atom is 0.236 e. The van der Waals surface area contributed by atoms with Gasteiger partial charge in [0.2, 0.25) is 10.0 Å². The van der Waals surface area contributed by atoms with Crippen LogP contribution in [0.1, 0.15) is 17.5 Å². The van der Waals surface area contributed by atoms with E-state index in [0.29, 0.717) is 5.69 Å². The first kappa shape index (κ1) is 22.1. The lowest BCUT2D eigenvalue weighted by molar-refractivity contribution is 0.600. The van der Waals surface area contributed by atoms with Gasteiger partial charge in [-0.2, -0.15) is 0 Å². The van der Waals surface area contributed by atoms with Crippen LogP contribution in [0.3, 0.4) is 0 Å². The summed E-state index contributed by atoms with van der Waals surface area (Å²) in [5, 5.41) is 1.02. The van der Waals surface area contributed by atoms with Gasteiger partial charge in [0.1, 0.15) is 23.6 Å². The molecule has 1 saturated heterocycles. The minimum Gasteiger partial charge on any atom is -0.355 e. The maximum absolute atomic E-state index is 12.6. The van der Waals surface area contributed by atoms with Crippen molar-refractivity contribution in [3.8, 4) is 0 Å². The van der Waals surface area contributed by atoms with E-state index in [9.17, 15) is 8.42 Å². The summed E-state index contributed by atoms with van der Waals surface area (Å²) in [5.74, 6) is 1.65. The highest BCUT2D eigenvalue weighted by Gasteiger charge is 2.28. The molecule has 0 unspecified atom stereocenters. The van der Waals surface area contributed by atoms with E-state index in [1.54, 1.807) is 18.6 Å². The molecule has 34 heavy (non-hydrogen) atoms. The zero-order valence-corrected chi connectivity index (χ0v) is 20.0. The molecule has 0 radical (unpaired) electrons. The number of benzene rings is 1. The number of aromatic nitrogens is 4. The summed E-state index contributed by atoms with van der Waals surface area (Å²) >= 11 is 0. The van der Waals surface area contributed by atoms with Crippen molar-refractivity contribution in [3.63, 3.8) is 0 Å². The summed E-state index contributed by atoms with van der Waals surface area (Å²) in [6.07, 6.45) is 6.01. The van der Waals surface area contributed by atoms with Gasteiger partial charge in [0.25, 0.3) is 0 Å². The van der Waals surface area contributed by atoms with E-state index in [2.05, 4.69) is 34.5 Å². The summed E-state index contributed by atoms with van der Waals surface area (Å²) in [5.41, 5.74) is 3.13. The summed E-state index contributed by atoms with van der Waals surface area (Å²) in [6.45, 7) is 3.68. The van der Waals surface area contributed by atoms with Crippen molar-refractivity contribution < 1.29 is 8.42 Å². The molecule has 1 aliphatic rings. The fourth-order valence-electron chi connectivity index (χ4n) is 4.32. The molecule has 1 aliphatic heterocycles. The largest absolute Gasteiger partial charge is 0.355 e. The number of fused-ring (bicyclic) bond motifs is 1. The molecule has 0 spiro atoms. The number of H-pyrrole nitrogens is 1. The first-order chi connectivity index (χ1) is 16.4. The molecule has 4 heterocycles. The van der Waals surface area contributed by atoms with Crippen molar-refractivity contribution >= 4 is 38.4 Å². The highest BCUT2D eigenvalue weighted by atomic mass is 32.2. The van der Waals surface area contributed by atoms with Crippen molar-refractivity contribution in [2.24, 2.45) is 0 Å². The lowest BCUT2D eigenvalue weighted by atomic mass is 10.2. The fraction of sp³-hybridized carbons (Fsp3) is 0.292. The van der Waals surface area contributed by atoms with E-state index in [1.807, 2.05) is 56.6 Å². The van der Waals surface area contributed by atoms with Gasteiger partial charge < -0.3 is 14.8 Å². The lowest BCUT2D eigenvalue weighted by Gasteiger charge is -2.26. The van der Waals surface area contributed by atoms with Crippen LogP contribution in [0, 0.1) is 6.92 Å². The minimum atomic E-state index is -3.53. The minimum absolute atomic E-state index is 0.0791. The molecule has 3 aromatic heterocycles. The summed E-state index contributed by atoms with van der Waals surface area (Å²) in [4.78, 5) is 20.8. The quantitative estimate of drug-likeness (QED) is 0.420. The number of hydrogen-bond acceptors (Lipinski definition) is 7. The average Bonchev–Trinajstić information content (AvgIpc) is 3.50. The topological polar surface area (TPSA) is 107 Å². The zero-order valence-electron chi connectivity index (χ0n) is 19.1. The lowest BCUT2D eigenvalue weighted by Crippen LogP contribution is -2.35. The van der Waals surface area contributed by atoms with Crippen LogP contribution in [0.2, 0.25) is 0 Å². The number of hydrogen-bond donors (Lipinski definition) is 2. The third-order valence-corrected chi connectivity index (χ3v) is 7.46. The molecule has 4 aromatic rings. The highest BCUT2D eigenvalue weighted by molar-refractivity contribution is 7.91. The monoisotopic (exact) mass is 477 g/mol. The Bertz CT molecular complexity index is 1390. The molecule has 10 heteroatoms. The molecule has 0 saturated carbocycles. The number of aryl methyl sites for hydroxylation is 1. The summed E-state index contributed by atoms with van der Waals surface area (Å²) in [6, 6.07) is 13.4. The zero-order chi connectivity index (χ0) is 23.7. The molecule has 0 amide bonds. The van der Waals surface area contributed by atoms with Crippen LogP contribution in [-0.4, -0.2) is 54.5 Å². The Balaban J connectivity index is 1.23. The summed E-state index contributed by atoms with van der Waals surface area (Å²) < 4.78 is 27.7. The van der Waals surface area contributed by atoms with Crippen molar-refractivity contribution in [1.29, 1.82) is 0 Å². The molecule has 0 aliphatic carbocycles. The second kappa shape index (κ2) is 8.94. The van der Waals surface area contributed by atoms with Crippen LogP contribution in [0.25, 0.3) is 11.0 Å². The van der Waals surface area contributed by atoms with Crippen molar-refractivity contribution in [2.75, 3.05) is 34.7 Å². The second-order valence-electron chi connectivity index (χ2n) is 8.69. The van der Waals surface area contributed by atoms with Crippen molar-refractivity contribution in [2.45, 2.75) is 25.1 Å². The van der Waals surface area contributed by atoms with E-state index < -0.39 is 10.0 Å². The van der Waals surface area contributed by atoms with Gasteiger partial charge in [-0.3, -0.25) is 4.72 Å². The maximum atomic E-state index is 12.6. The number of likely N-dealkylation sites (N-methyl/N-ethyl adjacent to an activating group) is 1. The molecular weight excluding hydrogens is 450 g/mol. The first-order valence-electron chi connectivity index (χ1n) is 11.2. The SMILES string of the molecule is Cc1ccc(CS(=O)(=O)Nc2ccc(N(C)[C@@H]3CCN(c4ncnc5[nH]ccc45)C3)nc2)cc1. The Morgan fingerprint density at radius 3 is 2.71 bits per heavy atom. The van der Waals surface area contributed by atoms with Crippen LogP contribution in [0.15, 0.2) is 61.2 Å². The Hall–Kier alpha value is -3.66. The first-order valence-corrected chi connectivity index (χ1v) is 12.8. The molecule has 2 N–H and O–H groups in total. The molecule has 176 valence electrons. The van der Waals surface area contributed by atoms with E-state index in [-0.39, 0.29) is 11.8 Å². The van der Waals surface area contributed by atoms with Gasteiger partial charge in [-0.05, 0) is 37.1 Å². The number of sulfonamides is 1. The van der Waals surface area contributed by atoms with E-state index in [1.165, 1.54) is 0 Å². The number of anilines is 3. The smallest absolute Gasteiger partial charge is 0.236 e. The van der Waals surface area contributed by atoms with Gasteiger partial charge in [0.05, 0.1) is 23.0 Å². The molecule has 9 nitrogen and oxygen atoms in total. The van der Waals surface area contributed by atoms with Gasteiger partial charge in [-0.25, -0.2) is 23.4 Å². The van der Waals surface area contributed by atoms with Crippen molar-refractivity contribution in [1.82, 2.24) is 19.9 Å². The molecule has 0 bridgehead atoms. The average molecular weight is 478 g/mol. The van der Waals surface area contributed by atoms with Crippen molar-refractivity contribution in [3.05, 3.63) is 72.3 Å². The second-order valence-corrected chi connectivity index (χ2v) is 10.4. The number of aromatic amines is 1. The Morgan fingerprint density at radius 2 is 1.94 bits per heavy atom. The van der Waals surface area contributed by atoms with E-state index in [0.717, 1.165) is 53.3 Å². The van der Waals surface area contributed by atoms with Crippen LogP contribution in [-0.2, 0) is 15.8 Å². The van der Waals surface area contributed by atoms with Crippen LogP contribution < -0.4 is 14.5 Å². The van der Waals surface area contributed by atoms with E-state index in [4.69, 9.17) is 0 Å². The van der Waals surface area contributed by atoms with Crippen LogP contribution in [0.4, 0.5) is 17.3 Å². The van der Waals surface area contributed by atoms with Crippen LogP contribution >= 0.6 is 0 Å². The predicted molar refractivity (Wildman–Crippen MR) is 135 cm³/mol. The molecule has 1 fully saturated rings. The van der Waals surface area contributed by atoms with Gasteiger partial charge in [0, 0.05) is 32.4 Å². The third kappa shape index (κ3) is 4.67. The third-order valence-electron chi connectivity index (χ3n) is 6.20. The Kier molecular flexibility index (Phi) is 5.82. The molecular formula is C24H27N7O2S. The number of nitrogens with one attached hydrogen (secondary N) is 2. The predicted octanol–water partition coefficient (Wildman–Crippen LogP) is 3.32. The highest BCUT2D eigenvalue weighted by Crippen LogP contribution is 2.28. The molecule has 1 aromatic carbocycles. The Labute approximate surface area is 198 Å². The molecule has 5 rings (SSSR count). The standard InChI is InChI=1S/C24H27N7O2S/c1-17-3-5-18(6-4-17)15-34(32,33)29-19-7-8-22(26-13-19)30(2)20-10-12-31(14-20)24-21-9-11-25-23(21)27-16-28-24/h3-9,11,13,16,20,29H,10,12,14-15H2,1-2H3,(H,25,27,28)/t20-/m1/s1. The number of nitrogens with zero attached hydrogens (tertiary/aromatic N) is 5. The Morgan fingerprint density at radius 1 is 1.12 bits per heavy atom. The van der Waals surface area contributed by atoms with Gasteiger partial charge in [-0.15, -0.1) is 0 Å². The fourth-order valence-corrected chi connectivity index (χ4v) is 5.51.